The third-order valence-corrected chi connectivity index (χ3v) is 3.83. The lowest BCUT2D eigenvalue weighted by atomic mass is 10.2. The van der Waals surface area contributed by atoms with E-state index in [4.69, 9.17) is 4.42 Å². The zero-order valence-electron chi connectivity index (χ0n) is 11.6. The van der Waals surface area contributed by atoms with Crippen LogP contribution in [0.5, 0.6) is 5.88 Å². The van der Waals surface area contributed by atoms with Crippen LogP contribution in [0.15, 0.2) is 21.3 Å². The lowest BCUT2D eigenvalue weighted by Crippen LogP contribution is -2.14. The van der Waals surface area contributed by atoms with E-state index in [-0.39, 0.29) is 17.3 Å². The molecule has 5 nitrogen and oxygen atoms in total. The molecule has 5 heteroatoms. The molecule has 2 aromatic rings. The van der Waals surface area contributed by atoms with Gasteiger partial charge in [-0.1, -0.05) is 20.3 Å². The van der Waals surface area contributed by atoms with Crippen LogP contribution in [0.2, 0.25) is 0 Å². The minimum absolute atomic E-state index is 0.205. The van der Waals surface area contributed by atoms with E-state index < -0.39 is 0 Å². The van der Waals surface area contributed by atoms with E-state index in [1.54, 1.807) is 6.07 Å². The van der Waals surface area contributed by atoms with Gasteiger partial charge >= 0.3 is 0 Å². The highest BCUT2D eigenvalue weighted by Gasteiger charge is 2.36. The second kappa shape index (κ2) is 4.81. The van der Waals surface area contributed by atoms with Crippen LogP contribution in [0.4, 0.5) is 0 Å². The minimum Gasteiger partial charge on any atom is -0.493 e. The van der Waals surface area contributed by atoms with Crippen LogP contribution < -0.4 is 5.56 Å². The van der Waals surface area contributed by atoms with Crippen LogP contribution >= 0.6 is 0 Å². The second-order valence-corrected chi connectivity index (χ2v) is 5.49. The molecular formula is C15H18N2O3. The van der Waals surface area contributed by atoms with Gasteiger partial charge in [0.2, 0.25) is 5.88 Å². The van der Waals surface area contributed by atoms with Crippen molar-refractivity contribution in [3.63, 3.8) is 0 Å². The maximum atomic E-state index is 11.9. The number of hydrogen-bond donors (Lipinski definition) is 2. The molecule has 0 aliphatic heterocycles. The van der Waals surface area contributed by atoms with Gasteiger partial charge in [-0.05, 0) is 30.9 Å². The van der Waals surface area contributed by atoms with Crippen molar-refractivity contribution in [2.75, 3.05) is 0 Å². The molecular weight excluding hydrogens is 256 g/mol. The van der Waals surface area contributed by atoms with E-state index in [1.807, 2.05) is 13.0 Å². The van der Waals surface area contributed by atoms with Gasteiger partial charge in [-0.25, -0.2) is 0 Å². The van der Waals surface area contributed by atoms with Crippen LogP contribution in [0.3, 0.4) is 0 Å². The summed E-state index contributed by atoms with van der Waals surface area (Å²) in [5.41, 5.74) is 0.0333. The molecule has 2 N–H and O–H groups in total. The summed E-state index contributed by atoms with van der Waals surface area (Å²) in [6.07, 6.45) is 2.43. The Morgan fingerprint density at radius 2 is 2.25 bits per heavy atom. The average Bonchev–Trinajstić information content (AvgIpc) is 2.95. The summed E-state index contributed by atoms with van der Waals surface area (Å²) in [5, 5.41) is 9.86. The molecule has 20 heavy (non-hydrogen) atoms. The number of aromatic amines is 1. The highest BCUT2D eigenvalue weighted by atomic mass is 16.3. The van der Waals surface area contributed by atoms with Gasteiger partial charge in [0.1, 0.15) is 5.76 Å². The van der Waals surface area contributed by atoms with Gasteiger partial charge in [0.05, 0.1) is 5.56 Å². The Bertz CT molecular complexity index is 687. The monoisotopic (exact) mass is 274 g/mol. The molecule has 2 atom stereocenters. The van der Waals surface area contributed by atoms with Crippen molar-refractivity contribution in [3.05, 3.63) is 33.8 Å². The molecule has 0 spiro atoms. The van der Waals surface area contributed by atoms with E-state index in [9.17, 15) is 9.90 Å². The van der Waals surface area contributed by atoms with E-state index in [0.29, 0.717) is 29.6 Å². The lowest BCUT2D eigenvalue weighted by Gasteiger charge is -2.03. The Kier molecular flexibility index (Phi) is 3.12. The fourth-order valence-corrected chi connectivity index (χ4v) is 2.48. The molecule has 1 saturated carbocycles. The normalized spacial score (nSPS) is 21.1. The Labute approximate surface area is 116 Å². The third kappa shape index (κ3) is 2.24. The van der Waals surface area contributed by atoms with Crippen molar-refractivity contribution in [2.24, 2.45) is 5.92 Å². The Morgan fingerprint density at radius 1 is 1.50 bits per heavy atom. The first-order chi connectivity index (χ1) is 9.60. The Balaban J connectivity index is 1.94. The number of rotatable bonds is 4. The summed E-state index contributed by atoms with van der Waals surface area (Å²) >= 11 is 0. The first-order valence-corrected chi connectivity index (χ1v) is 7.02. The number of H-pyrrole nitrogens is 1. The Morgan fingerprint density at radius 3 is 2.85 bits per heavy atom. The number of hydrogen-bond acceptors (Lipinski definition) is 4. The van der Waals surface area contributed by atoms with Gasteiger partial charge in [0, 0.05) is 5.92 Å². The van der Waals surface area contributed by atoms with Gasteiger partial charge in [0.15, 0.2) is 11.6 Å². The van der Waals surface area contributed by atoms with Crippen molar-refractivity contribution < 1.29 is 9.52 Å². The molecule has 106 valence electrons. The fraction of sp³-hybridized carbons (Fsp3) is 0.467. The summed E-state index contributed by atoms with van der Waals surface area (Å²) < 4.78 is 5.73. The SMILES string of the molecule is CCCc1c(O)nc(-c2ccc(C3CC3C)o2)[nH]c1=O. The number of furan rings is 1. The molecule has 1 fully saturated rings. The molecule has 2 unspecified atom stereocenters. The molecule has 0 bridgehead atoms. The standard InChI is InChI=1S/C15H18N2O3/c1-3-4-9-14(18)16-13(17-15(9)19)12-6-5-11(20-12)10-7-8(10)2/h5-6,8,10H,3-4,7H2,1-2H3,(H2,16,17,18,19). The minimum atomic E-state index is -0.299. The summed E-state index contributed by atoms with van der Waals surface area (Å²) in [6.45, 7) is 4.13. The number of nitrogens with zero attached hydrogens (tertiary/aromatic N) is 1. The summed E-state index contributed by atoms with van der Waals surface area (Å²) in [4.78, 5) is 18.7. The molecule has 1 aliphatic carbocycles. The van der Waals surface area contributed by atoms with Crippen LogP contribution in [0, 0.1) is 5.92 Å². The quantitative estimate of drug-likeness (QED) is 0.898. The van der Waals surface area contributed by atoms with Crippen molar-refractivity contribution in [1.29, 1.82) is 0 Å². The van der Waals surface area contributed by atoms with Gasteiger partial charge in [-0.2, -0.15) is 4.98 Å². The fourth-order valence-electron chi connectivity index (χ4n) is 2.48. The molecule has 0 saturated heterocycles. The zero-order valence-corrected chi connectivity index (χ0v) is 11.6. The topological polar surface area (TPSA) is 79.1 Å². The smallest absolute Gasteiger partial charge is 0.258 e. The average molecular weight is 274 g/mol. The van der Waals surface area contributed by atoms with Gasteiger partial charge in [-0.3, -0.25) is 4.79 Å². The summed E-state index contributed by atoms with van der Waals surface area (Å²) in [5.74, 6) is 2.63. The largest absolute Gasteiger partial charge is 0.493 e. The molecule has 2 aromatic heterocycles. The van der Waals surface area contributed by atoms with Gasteiger partial charge < -0.3 is 14.5 Å². The Hall–Kier alpha value is -2.04. The van der Waals surface area contributed by atoms with E-state index in [1.165, 1.54) is 0 Å². The summed E-state index contributed by atoms with van der Waals surface area (Å²) in [7, 11) is 0. The van der Waals surface area contributed by atoms with Crippen LogP contribution in [0.25, 0.3) is 11.6 Å². The highest BCUT2D eigenvalue weighted by molar-refractivity contribution is 5.49. The van der Waals surface area contributed by atoms with E-state index in [2.05, 4.69) is 16.9 Å². The summed E-state index contributed by atoms with van der Waals surface area (Å²) in [6, 6.07) is 3.71. The number of nitrogens with one attached hydrogen (secondary N) is 1. The number of aromatic hydroxyl groups is 1. The number of aromatic nitrogens is 2. The highest BCUT2D eigenvalue weighted by Crippen LogP contribution is 2.47. The van der Waals surface area contributed by atoms with Gasteiger partial charge in [-0.15, -0.1) is 0 Å². The first kappa shape index (κ1) is 13.0. The second-order valence-electron chi connectivity index (χ2n) is 5.49. The van der Waals surface area contributed by atoms with Crippen LogP contribution in [-0.2, 0) is 6.42 Å². The molecule has 3 rings (SSSR count). The van der Waals surface area contributed by atoms with Crippen LogP contribution in [-0.4, -0.2) is 15.1 Å². The van der Waals surface area contributed by atoms with Crippen molar-refractivity contribution in [3.8, 4) is 17.5 Å². The van der Waals surface area contributed by atoms with Crippen molar-refractivity contribution in [1.82, 2.24) is 9.97 Å². The van der Waals surface area contributed by atoms with Crippen LogP contribution in [0.1, 0.15) is 43.9 Å². The lowest BCUT2D eigenvalue weighted by molar-refractivity contribution is 0.441. The molecule has 0 amide bonds. The molecule has 0 aromatic carbocycles. The van der Waals surface area contributed by atoms with Crippen molar-refractivity contribution >= 4 is 0 Å². The molecule has 1 aliphatic rings. The predicted molar refractivity (Wildman–Crippen MR) is 74.7 cm³/mol. The zero-order chi connectivity index (χ0) is 14.3. The maximum Gasteiger partial charge on any atom is 0.258 e. The maximum absolute atomic E-state index is 11.9. The third-order valence-electron chi connectivity index (χ3n) is 3.83. The predicted octanol–water partition coefficient (Wildman–Crippen LogP) is 2.81. The van der Waals surface area contributed by atoms with E-state index in [0.717, 1.165) is 18.6 Å². The van der Waals surface area contributed by atoms with E-state index >= 15 is 0 Å². The first-order valence-electron chi connectivity index (χ1n) is 7.02. The van der Waals surface area contributed by atoms with Crippen molar-refractivity contribution in [2.45, 2.75) is 39.0 Å². The van der Waals surface area contributed by atoms with Gasteiger partial charge in [0.25, 0.3) is 5.56 Å². The molecule has 0 radical (unpaired) electrons. The molecule has 2 heterocycles.